The average Bonchev–Trinajstić information content (AvgIpc) is 2.12. The molecule has 0 aliphatic rings. The van der Waals surface area contributed by atoms with Gasteiger partial charge in [-0.3, -0.25) is 5.73 Å². The van der Waals surface area contributed by atoms with Crippen LogP contribution in [0.4, 0.5) is 26.3 Å². The summed E-state index contributed by atoms with van der Waals surface area (Å²) >= 11 is 0. The first kappa shape index (κ1) is 17.4. The van der Waals surface area contributed by atoms with Crippen LogP contribution in [0.1, 0.15) is 13.3 Å². The Hall–Kier alpha value is -0.560. The summed E-state index contributed by atoms with van der Waals surface area (Å²) in [6.45, 7) is 0.479. The second kappa shape index (κ2) is 4.23. The van der Waals surface area contributed by atoms with E-state index in [1.54, 1.807) is 0 Å². The largest absolute Gasteiger partial charge is 0.500 e. The van der Waals surface area contributed by atoms with Gasteiger partial charge in [0.15, 0.2) is 0 Å². The Morgan fingerprint density at radius 2 is 1.06 bits per heavy atom. The monoisotopic (exact) mass is 323 g/mol. The predicted octanol–water partition coefficient (Wildman–Crippen LogP) is 0.878. The molecular weight excluding hydrogens is 316 g/mol. The first-order valence-corrected chi connectivity index (χ1v) is 6.93. The topological polar surface area (TPSA) is 94.3 Å². The molecule has 0 aromatic carbocycles. The quantitative estimate of drug-likeness (QED) is 0.778. The molecule has 18 heavy (non-hydrogen) atoms. The van der Waals surface area contributed by atoms with Gasteiger partial charge in [0, 0.05) is 0 Å². The third-order valence-corrected chi connectivity index (χ3v) is 6.94. The Morgan fingerprint density at radius 1 is 0.833 bits per heavy atom. The average molecular weight is 323 g/mol. The molecule has 0 aromatic heterocycles. The Kier molecular flexibility index (Phi) is 4.10. The molecule has 0 amide bonds. The van der Waals surface area contributed by atoms with Crippen LogP contribution < -0.4 is 5.73 Å². The summed E-state index contributed by atoms with van der Waals surface area (Å²) in [4.78, 5) is 0. The SMILES string of the molecule is CCC(N)(S(=O)(=O)C(F)(F)F)S(=O)(=O)C(F)(F)F. The standard InChI is InChI=1S/C5H7F6NO4S2/c1-2-3(12,17(13,14)4(6,7)8)18(15,16)5(9,10)11/h2,12H2,1H3. The Labute approximate surface area is 97.8 Å². The molecule has 0 saturated carbocycles. The molecule has 5 nitrogen and oxygen atoms in total. The molecule has 2 N–H and O–H groups in total. The number of rotatable bonds is 3. The molecule has 0 rings (SSSR count). The van der Waals surface area contributed by atoms with Crippen LogP contribution in [0, 0.1) is 0 Å². The minimum absolute atomic E-state index is 0.479. The van der Waals surface area contributed by atoms with Gasteiger partial charge >= 0.3 is 11.0 Å². The fourth-order valence-corrected chi connectivity index (χ4v) is 4.18. The third kappa shape index (κ3) is 2.18. The van der Waals surface area contributed by atoms with Crippen LogP contribution in [0.2, 0.25) is 0 Å². The van der Waals surface area contributed by atoms with Crippen LogP contribution in [-0.4, -0.2) is 32.1 Å². The molecule has 0 unspecified atom stereocenters. The van der Waals surface area contributed by atoms with Crippen LogP contribution in [0.5, 0.6) is 0 Å². The fraction of sp³-hybridized carbons (Fsp3) is 1.00. The molecule has 110 valence electrons. The van der Waals surface area contributed by atoms with E-state index in [2.05, 4.69) is 5.73 Å². The molecule has 0 aliphatic carbocycles. The first-order chi connectivity index (χ1) is 7.56. The summed E-state index contributed by atoms with van der Waals surface area (Å²) in [5.41, 5.74) is -8.04. The van der Waals surface area contributed by atoms with Crippen LogP contribution in [0.3, 0.4) is 0 Å². The lowest BCUT2D eigenvalue weighted by molar-refractivity contribution is -0.0493. The van der Waals surface area contributed by atoms with E-state index in [0.29, 0.717) is 6.92 Å². The van der Waals surface area contributed by atoms with Crippen LogP contribution in [0.25, 0.3) is 0 Å². The molecule has 0 bridgehead atoms. The van der Waals surface area contributed by atoms with Crippen molar-refractivity contribution in [3.8, 4) is 0 Å². The highest BCUT2D eigenvalue weighted by Crippen LogP contribution is 2.42. The van der Waals surface area contributed by atoms with Gasteiger partial charge < -0.3 is 0 Å². The van der Waals surface area contributed by atoms with Gasteiger partial charge in [-0.25, -0.2) is 16.8 Å². The normalized spacial score (nSPS) is 15.8. The highest BCUT2D eigenvalue weighted by molar-refractivity contribution is 8.11. The number of hydrogen-bond donors (Lipinski definition) is 1. The van der Waals surface area contributed by atoms with Crippen LogP contribution in [0.15, 0.2) is 0 Å². The Morgan fingerprint density at radius 3 is 1.17 bits per heavy atom. The van der Waals surface area contributed by atoms with E-state index >= 15 is 0 Å². The number of halogens is 6. The van der Waals surface area contributed by atoms with Crippen LogP contribution in [-0.2, 0) is 19.7 Å². The summed E-state index contributed by atoms with van der Waals surface area (Å²) in [5, 5.41) is 0. The van der Waals surface area contributed by atoms with Gasteiger partial charge in [0.25, 0.3) is 19.7 Å². The lowest BCUT2D eigenvalue weighted by Gasteiger charge is -2.28. The molecular formula is C5H7F6NO4S2. The van der Waals surface area contributed by atoms with E-state index in [-0.39, 0.29) is 0 Å². The van der Waals surface area contributed by atoms with E-state index < -0.39 is 41.3 Å². The lowest BCUT2D eigenvalue weighted by atomic mass is 10.5. The third-order valence-electron chi connectivity index (χ3n) is 2.01. The number of hydrogen-bond acceptors (Lipinski definition) is 5. The van der Waals surface area contributed by atoms with Crippen molar-refractivity contribution in [3.63, 3.8) is 0 Å². The van der Waals surface area contributed by atoms with E-state index in [9.17, 15) is 43.2 Å². The summed E-state index contributed by atoms with van der Waals surface area (Å²) in [6.07, 6.45) is -1.61. The van der Waals surface area contributed by atoms with Gasteiger partial charge in [0.05, 0.1) is 0 Å². The molecule has 13 heteroatoms. The number of alkyl halides is 6. The van der Waals surface area contributed by atoms with Crippen LogP contribution >= 0.6 is 0 Å². The van der Waals surface area contributed by atoms with E-state index in [1.165, 1.54) is 0 Å². The van der Waals surface area contributed by atoms with Gasteiger partial charge in [0.2, 0.25) is 4.20 Å². The van der Waals surface area contributed by atoms with Crippen molar-refractivity contribution in [2.45, 2.75) is 28.6 Å². The summed E-state index contributed by atoms with van der Waals surface area (Å²) < 4.78 is 112. The second-order valence-electron chi connectivity index (χ2n) is 3.06. The summed E-state index contributed by atoms with van der Waals surface area (Å²) in [7, 11) is -13.5. The molecule has 0 aromatic rings. The van der Waals surface area contributed by atoms with Gasteiger partial charge in [-0.15, -0.1) is 0 Å². The first-order valence-electron chi connectivity index (χ1n) is 3.97. The smallest absolute Gasteiger partial charge is 0.299 e. The number of sulfone groups is 2. The fourth-order valence-electron chi connectivity index (χ4n) is 0.916. The Bertz CT molecular complexity index is 471. The van der Waals surface area contributed by atoms with Crippen molar-refractivity contribution in [3.05, 3.63) is 0 Å². The minimum atomic E-state index is -6.76. The maximum Gasteiger partial charge on any atom is 0.500 e. The second-order valence-corrected chi connectivity index (χ2v) is 7.72. The highest BCUT2D eigenvalue weighted by Gasteiger charge is 2.70. The van der Waals surface area contributed by atoms with Crippen molar-refractivity contribution < 1.29 is 43.2 Å². The molecule has 0 spiro atoms. The van der Waals surface area contributed by atoms with Crippen molar-refractivity contribution in [2.24, 2.45) is 5.73 Å². The lowest BCUT2D eigenvalue weighted by Crippen LogP contribution is -2.61. The maximum absolute atomic E-state index is 12.1. The number of nitrogens with two attached hydrogens (primary N) is 1. The van der Waals surface area contributed by atoms with Crippen molar-refractivity contribution >= 4 is 19.7 Å². The van der Waals surface area contributed by atoms with E-state index in [0.717, 1.165) is 0 Å². The molecule has 0 fully saturated rings. The summed E-state index contributed by atoms with van der Waals surface area (Å²) in [5.74, 6) is 0. The molecule has 0 heterocycles. The van der Waals surface area contributed by atoms with Crippen molar-refractivity contribution in [1.29, 1.82) is 0 Å². The van der Waals surface area contributed by atoms with Crippen molar-refractivity contribution in [1.82, 2.24) is 0 Å². The van der Waals surface area contributed by atoms with Gasteiger partial charge in [-0.2, -0.15) is 26.3 Å². The van der Waals surface area contributed by atoms with Gasteiger partial charge in [-0.05, 0) is 6.42 Å². The zero-order chi connectivity index (χ0) is 15.2. The molecule has 0 aliphatic heterocycles. The maximum atomic E-state index is 12.1. The minimum Gasteiger partial charge on any atom is -0.299 e. The molecule has 0 radical (unpaired) electrons. The van der Waals surface area contributed by atoms with Crippen molar-refractivity contribution in [2.75, 3.05) is 0 Å². The zero-order valence-corrected chi connectivity index (χ0v) is 10.1. The summed E-state index contributed by atoms with van der Waals surface area (Å²) in [6, 6.07) is 0. The molecule has 0 atom stereocenters. The van der Waals surface area contributed by atoms with Gasteiger partial charge in [0.1, 0.15) is 0 Å². The van der Waals surface area contributed by atoms with E-state index in [1.807, 2.05) is 0 Å². The predicted molar refractivity (Wildman–Crippen MR) is 47.2 cm³/mol. The molecule has 0 saturated heterocycles. The van der Waals surface area contributed by atoms with E-state index in [4.69, 9.17) is 0 Å². The zero-order valence-electron chi connectivity index (χ0n) is 8.50. The highest BCUT2D eigenvalue weighted by atomic mass is 32.3. The van der Waals surface area contributed by atoms with Gasteiger partial charge in [-0.1, -0.05) is 6.92 Å². The Balaban J connectivity index is 6.35.